The number of aliphatic hydroxyl groups excluding tert-OH is 1. The number of fused-ring (bicyclic) bond motifs is 4. The van der Waals surface area contributed by atoms with Crippen LogP contribution in [-0.2, 0) is 86.6 Å². The molecule has 0 saturated carbocycles. The number of aromatic carboxylic acids is 1. The zero-order valence-electron chi connectivity index (χ0n) is 86.3. The molecule has 1 aliphatic rings. The first-order valence-corrected chi connectivity index (χ1v) is 45.9. The van der Waals surface area contributed by atoms with Crippen LogP contribution in [0.3, 0.4) is 0 Å². The molecule has 1 aliphatic heterocycles. The van der Waals surface area contributed by atoms with Crippen molar-refractivity contribution in [2.45, 2.75) is 165 Å². The fourth-order valence-corrected chi connectivity index (χ4v) is 13.3. The van der Waals surface area contributed by atoms with E-state index in [0.29, 0.717) is 72.1 Å². The molecule has 0 bridgehead atoms. The van der Waals surface area contributed by atoms with Crippen LogP contribution in [0.2, 0.25) is 0 Å². The first kappa shape index (κ1) is 127. The number of aliphatic hydroxyl groups is 1. The maximum absolute atomic E-state index is 12.0. The maximum Gasteiger partial charge on any atom is 1.00 e. The number of benzene rings is 5. The van der Waals surface area contributed by atoms with E-state index in [1.807, 2.05) is 151 Å². The van der Waals surface area contributed by atoms with Crippen molar-refractivity contribution >= 4 is 125 Å². The number of hydrogen-bond donors (Lipinski definition) is 9. The van der Waals surface area contributed by atoms with Gasteiger partial charge in [-0.2, -0.15) is 0 Å². The first-order valence-electron chi connectivity index (χ1n) is 44.7. The Kier molecular flexibility index (Phi) is 54.2. The third-order valence-electron chi connectivity index (χ3n) is 18.9. The van der Waals surface area contributed by atoms with E-state index in [4.69, 9.17) is 54.8 Å². The van der Waals surface area contributed by atoms with Crippen LogP contribution >= 0.6 is 27.5 Å². The molecule has 5 aromatic carbocycles. The molecule has 0 aliphatic carbocycles. The molecule has 145 heavy (non-hydrogen) atoms. The average Bonchev–Trinajstić information content (AvgIpc) is 1.62. The topological polar surface area (TPSA) is 488 Å². The minimum atomic E-state index is -1.51. The third kappa shape index (κ3) is 45.5. The van der Waals surface area contributed by atoms with Gasteiger partial charge in [-0.1, -0.05) is 111 Å². The number of phenolic OH excluding ortho intramolecular Hbond substituents is 1. The van der Waals surface area contributed by atoms with Gasteiger partial charge in [-0.25, -0.2) is 58.3 Å². The first-order chi connectivity index (χ1) is 66.6. The van der Waals surface area contributed by atoms with Crippen LogP contribution in [0, 0.1) is 5.92 Å². The van der Waals surface area contributed by atoms with Crippen molar-refractivity contribution in [3.8, 4) is 39.1 Å². The van der Waals surface area contributed by atoms with Gasteiger partial charge in [-0.05, 0) is 217 Å². The van der Waals surface area contributed by atoms with E-state index in [9.17, 15) is 58.5 Å². The van der Waals surface area contributed by atoms with Crippen molar-refractivity contribution in [1.82, 2.24) is 63.7 Å². The number of nitrogens with zero attached hydrogens (tertiary/aromatic N) is 9. The second kappa shape index (κ2) is 61.9. The Morgan fingerprint density at radius 1 is 0.497 bits per heavy atom. The van der Waals surface area contributed by atoms with Gasteiger partial charge in [0.15, 0.2) is 5.65 Å². The summed E-state index contributed by atoms with van der Waals surface area (Å²) in [6, 6.07) is 43.5. The van der Waals surface area contributed by atoms with Gasteiger partial charge >= 0.3 is 120 Å². The molecule has 37 nitrogen and oxygen atoms in total. The fourth-order valence-electron chi connectivity index (χ4n) is 12.7. The van der Waals surface area contributed by atoms with Crippen LogP contribution in [0.5, 0.6) is 5.75 Å². The number of likely N-dealkylation sites (N-methyl/N-ethyl adjacent to an activating group) is 1. The second-order valence-corrected chi connectivity index (χ2v) is 37.0. The number of carbonyl (C=O) groups is 9. The smallest absolute Gasteiger partial charge is 1.00 e. The molecular weight excluding hydrogens is 1970 g/mol. The van der Waals surface area contributed by atoms with E-state index < -0.39 is 71.3 Å². The van der Waals surface area contributed by atoms with E-state index in [1.54, 1.807) is 184 Å². The van der Waals surface area contributed by atoms with Crippen molar-refractivity contribution in [2.24, 2.45) is 5.92 Å². The predicted molar refractivity (Wildman–Crippen MR) is 547 cm³/mol. The van der Waals surface area contributed by atoms with Gasteiger partial charge < -0.3 is 119 Å². The van der Waals surface area contributed by atoms with Crippen LogP contribution in [0.15, 0.2) is 224 Å². The second-order valence-electron chi connectivity index (χ2n) is 35.8. The molecule has 8 aromatic heterocycles. The number of carboxylic acids is 1. The van der Waals surface area contributed by atoms with E-state index >= 15 is 0 Å². The van der Waals surface area contributed by atoms with Crippen LogP contribution in [-0.4, -0.2) is 226 Å². The molecule has 0 unspecified atom stereocenters. The number of halogens is 2. The summed E-state index contributed by atoms with van der Waals surface area (Å²) in [5.74, 6) is -1.60. The Labute approximate surface area is 904 Å². The molecule has 14 rings (SSSR count). The number of aromatic nitrogens is 8. The minimum absolute atomic E-state index is 0. The van der Waals surface area contributed by atoms with Crippen molar-refractivity contribution in [1.29, 1.82) is 0 Å². The molecule has 13 aromatic rings. The number of ether oxygens (including phenoxy) is 9. The van der Waals surface area contributed by atoms with Crippen LogP contribution < -0.4 is 85.8 Å². The number of pyridine rings is 4. The number of imidazole rings is 4. The Hall–Kier alpha value is -12.3. The molecule has 10 N–H and O–H groups in total. The summed E-state index contributed by atoms with van der Waals surface area (Å²) in [6.45, 7) is 33.4. The number of morpholine rings is 1. The number of hydrogen-bond acceptors (Lipinski definition) is 28. The van der Waals surface area contributed by atoms with E-state index in [-0.39, 0.29) is 117 Å². The van der Waals surface area contributed by atoms with Gasteiger partial charge in [0.25, 0.3) is 0 Å². The molecule has 43 heteroatoms. The summed E-state index contributed by atoms with van der Waals surface area (Å²) in [4.78, 5) is 122. The van der Waals surface area contributed by atoms with Gasteiger partial charge in [0.1, 0.15) is 45.1 Å². The van der Waals surface area contributed by atoms with Gasteiger partial charge in [0.2, 0.25) is 0 Å². The summed E-state index contributed by atoms with van der Waals surface area (Å²) in [5.41, 5.74) is 11.6. The van der Waals surface area contributed by atoms with E-state index in [2.05, 4.69) is 78.6 Å². The van der Waals surface area contributed by atoms with Crippen molar-refractivity contribution in [2.75, 3.05) is 60.8 Å². The minimum Gasteiger partial charge on any atom is -1.00 e. The van der Waals surface area contributed by atoms with Crippen LogP contribution in [0.4, 0.5) is 24.0 Å². The molecule has 1 saturated heterocycles. The number of alkyl carbamates (subject to hydrolysis) is 4. The molecular formula is C102H126B2BrClN13Na2O24. The molecule has 0 atom stereocenters. The number of esters is 3. The Bertz CT molecular complexity index is 6360. The summed E-state index contributed by atoms with van der Waals surface area (Å²) in [7, 11) is 3.31. The molecule has 1 fully saturated rings. The van der Waals surface area contributed by atoms with Crippen molar-refractivity contribution < 1.29 is 177 Å². The van der Waals surface area contributed by atoms with E-state index in [1.165, 1.54) is 20.4 Å². The number of carbonyl (C=O) groups excluding carboxylic acids is 8. The summed E-state index contributed by atoms with van der Waals surface area (Å²) in [5, 5.41) is 57.1. The third-order valence-corrected chi connectivity index (χ3v) is 19.6. The largest absolute Gasteiger partial charge is 1.00 e. The van der Waals surface area contributed by atoms with Crippen molar-refractivity contribution in [3.63, 3.8) is 0 Å². The Morgan fingerprint density at radius 2 is 0.855 bits per heavy atom. The summed E-state index contributed by atoms with van der Waals surface area (Å²) >= 11 is 8.19. The Morgan fingerprint density at radius 3 is 1.20 bits per heavy atom. The van der Waals surface area contributed by atoms with Gasteiger partial charge in [-0.3, -0.25) is 4.79 Å². The maximum atomic E-state index is 12.0. The number of amides is 4. The van der Waals surface area contributed by atoms with Gasteiger partial charge in [0, 0.05) is 156 Å². The monoisotopic (exact) mass is 2100 g/mol. The zero-order valence-corrected chi connectivity index (χ0v) is 91.7. The summed E-state index contributed by atoms with van der Waals surface area (Å²) in [6.07, 6.45) is 18.8. The fraction of sp³-hybridized carbons (Fsp3) is 0.343. The number of carboxylic acid groups (broad SMARTS) is 1. The summed E-state index contributed by atoms with van der Waals surface area (Å²) < 4.78 is 52.5. The van der Waals surface area contributed by atoms with Gasteiger partial charge in [-0.15, -0.1) is 0 Å². The molecule has 3 radical (unpaired) electrons. The Balaban J connectivity index is 0.000000580. The molecule has 4 amide bonds. The number of phenols is 1. The number of aromatic hydroxyl groups is 1. The van der Waals surface area contributed by atoms with Crippen LogP contribution in [0.25, 0.3) is 56.0 Å². The zero-order chi connectivity index (χ0) is 104. The molecule has 765 valence electrons. The number of nitrogens with one attached hydrogen (secondary N) is 4. The quantitative estimate of drug-likeness (QED) is 0.0140. The van der Waals surface area contributed by atoms with E-state index in [0.717, 1.165) is 103 Å². The number of methoxy groups -OCH3 is 2. The normalized spacial score (nSPS) is 11.3. The molecule has 0 spiro atoms. The average molecular weight is 2100 g/mol. The number of rotatable bonds is 21. The molecule has 9 heterocycles. The number of para-hydroxylation sites is 1. The van der Waals surface area contributed by atoms with Crippen LogP contribution in [0.1, 0.15) is 170 Å². The predicted octanol–water partition coefficient (Wildman–Crippen LogP) is 10.4. The van der Waals surface area contributed by atoms with Crippen molar-refractivity contribution in [3.05, 3.63) is 274 Å². The van der Waals surface area contributed by atoms with Gasteiger partial charge in [0.05, 0.1) is 74.8 Å². The standard InChI is InChI=1S/C21H23N3O4.C20H21N3O4.C20H23N3O3.C12H18BNO4.C10H12O3.C9H7BrN2O2.C5H9ClO2.C5H11NO.B.2Na.H2O.H/c1-21(2,3)28-20(26)23-12-14-6-5-7-15(10-14)17-11-16(19(25)27-4)13-24-9-8-22-18(17)24;1-20(2,3)27-19(26)22-11-13-5-4-6-14(9-13)16-10-15(18(24)25)12-23-8-7-21-17(16)23;1-20(2,3)26-19(25)22-11-14-5-4-6-16(9-14)17-10-15(13-24)12-23-8-7-21-18(17)23;1-12(2,3)18-11(15)14-8-9-5-4-6-10(7-9)13(16)17;1-2-13-10(12)7-8-5-3-4-6-9(8)11;1-14-9(13)6-4-7(10)8-11-2-3-12(8)5-6;1-4(2)3-8-5(6)7;1-6-2-4-7-5-3-6;;;;;/h5-11,13H,12H2,1-4H3,(H,23,26);4-10,12H,11H2,1-3H3,(H,22,26)(H,24,25);4-10,12,24H,11,13H2,1-3H3,(H,22,25);4-7,16-17H,8H2,1-3H3,(H,14,15);3-6,11H,2,7H2,1H3;2-5H,1H3;4H,3H2,1-2H3;2-5H2,1H3;;;;1H2;/q;;;;;;;;;2*+1;;-1/p-1. The SMILES string of the molecule is CC(C)(C)OC(=O)NCc1cccc(-c2cc(C(=O)O)cn3ccnc23)c1.CC(C)(C)OC(=O)NCc1cccc(-c2cc(CO)cn3ccnc23)c1.CC(C)(C)OC(=O)NCc1cccc(B(O)O)c1.CC(C)COC(=O)Cl.CCOC(=O)Cc1ccccc1O.CN1CCOCC1.COC(=O)c1cc(-c2cccc(CNC(=O)OC(C)(C)C)c2)c2nccn2c1.COC(=O)c1cc(Br)c2nccn2c1.[B].[H-].[Na+].[Na+].[OH-].